The zero-order valence-electron chi connectivity index (χ0n) is 23.3. The van der Waals surface area contributed by atoms with E-state index in [4.69, 9.17) is 28.4 Å². The largest absolute Gasteiger partial charge is 0.502 e. The van der Waals surface area contributed by atoms with Crippen molar-refractivity contribution in [2.24, 2.45) is 11.8 Å². The Balaban J connectivity index is 1.93. The van der Waals surface area contributed by atoms with Crippen LogP contribution in [0.3, 0.4) is 0 Å². The second kappa shape index (κ2) is 12.9. The van der Waals surface area contributed by atoms with Gasteiger partial charge in [-0.3, -0.25) is 0 Å². The number of hydrogen-bond donors (Lipinski definition) is 7. The highest BCUT2D eigenvalue weighted by Gasteiger charge is 2.46. The lowest BCUT2D eigenvalue weighted by atomic mass is 9.66. The third-order valence-corrected chi connectivity index (χ3v) is 7.97. The van der Waals surface area contributed by atoms with Crippen LogP contribution in [-0.4, -0.2) is 115 Å². The Kier molecular flexibility index (Phi) is 9.70. The van der Waals surface area contributed by atoms with Crippen molar-refractivity contribution in [3.63, 3.8) is 0 Å². The predicted octanol–water partition coefficient (Wildman–Crippen LogP) is -0.490. The summed E-state index contributed by atoms with van der Waals surface area (Å²) in [6.45, 7) is -1.17. The van der Waals surface area contributed by atoms with Gasteiger partial charge >= 0.3 is 0 Å². The van der Waals surface area contributed by atoms with E-state index in [0.29, 0.717) is 17.5 Å². The molecule has 1 heterocycles. The summed E-state index contributed by atoms with van der Waals surface area (Å²) in [4.78, 5) is 0. The Morgan fingerprint density at radius 3 is 1.90 bits per heavy atom. The molecule has 0 radical (unpaired) electrons. The fourth-order valence-corrected chi connectivity index (χ4v) is 5.82. The number of methoxy groups -OCH3 is 4. The smallest absolute Gasteiger partial charge is 0.229 e. The van der Waals surface area contributed by atoms with Gasteiger partial charge in [0, 0.05) is 24.7 Å². The van der Waals surface area contributed by atoms with Crippen molar-refractivity contribution in [2.45, 2.75) is 43.0 Å². The maximum atomic E-state index is 10.6. The van der Waals surface area contributed by atoms with Crippen molar-refractivity contribution >= 4 is 0 Å². The van der Waals surface area contributed by atoms with Gasteiger partial charge in [0.15, 0.2) is 23.0 Å². The number of aromatic hydroxyl groups is 1. The lowest BCUT2D eigenvalue weighted by Gasteiger charge is -2.41. The number of ether oxygens (including phenoxy) is 6. The van der Waals surface area contributed by atoms with Gasteiger partial charge in [-0.2, -0.15) is 0 Å². The second-order valence-electron chi connectivity index (χ2n) is 10.1. The van der Waals surface area contributed by atoms with E-state index in [0.717, 1.165) is 5.56 Å². The number of hydrogen-bond acceptors (Lipinski definition) is 13. The molecule has 1 aliphatic heterocycles. The summed E-state index contributed by atoms with van der Waals surface area (Å²) in [7, 11) is 5.59. The molecule has 41 heavy (non-hydrogen) atoms. The van der Waals surface area contributed by atoms with Crippen LogP contribution in [-0.2, 0) is 11.2 Å². The van der Waals surface area contributed by atoms with Crippen LogP contribution in [0, 0.1) is 11.8 Å². The molecule has 2 aromatic carbocycles. The summed E-state index contributed by atoms with van der Waals surface area (Å²) in [5, 5.41) is 72.1. The van der Waals surface area contributed by atoms with Crippen LogP contribution >= 0.6 is 0 Å². The van der Waals surface area contributed by atoms with E-state index >= 15 is 0 Å². The number of fused-ring (bicyclic) bond motifs is 1. The minimum Gasteiger partial charge on any atom is -0.502 e. The summed E-state index contributed by atoms with van der Waals surface area (Å²) in [6, 6.07) is 4.91. The third kappa shape index (κ3) is 5.46. The second-order valence-corrected chi connectivity index (χ2v) is 10.1. The number of phenolic OH excluding ortho intramolecular Hbond substituents is 1. The van der Waals surface area contributed by atoms with Crippen molar-refractivity contribution in [3.05, 3.63) is 34.9 Å². The monoisotopic (exact) mass is 582 g/mol. The lowest BCUT2D eigenvalue weighted by molar-refractivity contribution is -0.277. The molecule has 228 valence electrons. The summed E-state index contributed by atoms with van der Waals surface area (Å²) in [6.07, 6.45) is -7.32. The van der Waals surface area contributed by atoms with E-state index in [-0.39, 0.29) is 53.6 Å². The van der Waals surface area contributed by atoms with Crippen LogP contribution in [0.25, 0.3) is 0 Å². The normalized spacial score (nSPS) is 29.4. The molecule has 1 fully saturated rings. The first kappa shape index (κ1) is 30.9. The molecule has 0 bridgehead atoms. The summed E-state index contributed by atoms with van der Waals surface area (Å²) >= 11 is 0. The molecule has 4 rings (SSSR count). The topological polar surface area (TPSA) is 197 Å². The number of aliphatic hydroxyl groups is 6. The van der Waals surface area contributed by atoms with E-state index in [1.807, 2.05) is 0 Å². The molecule has 2 aliphatic rings. The molecule has 13 heteroatoms. The van der Waals surface area contributed by atoms with Crippen LogP contribution in [0.15, 0.2) is 18.2 Å². The van der Waals surface area contributed by atoms with E-state index < -0.39 is 49.1 Å². The van der Waals surface area contributed by atoms with Crippen molar-refractivity contribution in [2.75, 3.05) is 48.3 Å². The Morgan fingerprint density at radius 2 is 1.39 bits per heavy atom. The van der Waals surface area contributed by atoms with Gasteiger partial charge in [-0.05, 0) is 47.6 Å². The molecule has 0 spiro atoms. The summed E-state index contributed by atoms with van der Waals surface area (Å²) < 4.78 is 33.8. The fourth-order valence-electron chi connectivity index (χ4n) is 5.82. The SMILES string of the molecule is COc1cc([C@H]2c3c(cc(OC)c(O[C@@H]4O[C@H](CO)[C@@H](O)[C@H](O)[C@H]4O)c3OC)C[C@@H](CO)[C@@H]2CO)cc(OC)c1O. The van der Waals surface area contributed by atoms with E-state index in [1.165, 1.54) is 28.4 Å². The minimum atomic E-state index is -1.69. The number of phenols is 1. The summed E-state index contributed by atoms with van der Waals surface area (Å²) in [5.74, 6) is -1.10. The first-order chi connectivity index (χ1) is 19.7. The Morgan fingerprint density at radius 1 is 0.756 bits per heavy atom. The molecule has 0 unspecified atom stereocenters. The Bertz CT molecular complexity index is 1180. The molecular weight excluding hydrogens is 544 g/mol. The van der Waals surface area contributed by atoms with Crippen LogP contribution in [0.4, 0.5) is 0 Å². The first-order valence-corrected chi connectivity index (χ1v) is 13.1. The van der Waals surface area contributed by atoms with Gasteiger partial charge in [0.2, 0.25) is 17.8 Å². The molecular formula is C28H38O13. The van der Waals surface area contributed by atoms with E-state index in [1.54, 1.807) is 18.2 Å². The van der Waals surface area contributed by atoms with Crippen LogP contribution < -0.4 is 23.7 Å². The minimum absolute atomic E-state index is 0.0000683. The van der Waals surface area contributed by atoms with Crippen molar-refractivity contribution < 1.29 is 64.2 Å². The fraction of sp³-hybridized carbons (Fsp3) is 0.571. The molecule has 0 aromatic heterocycles. The van der Waals surface area contributed by atoms with Crippen LogP contribution in [0.1, 0.15) is 22.6 Å². The zero-order valence-corrected chi connectivity index (χ0v) is 23.3. The number of rotatable bonds is 10. The van der Waals surface area contributed by atoms with Gasteiger partial charge in [0.1, 0.15) is 24.4 Å². The molecule has 2 aromatic rings. The molecule has 1 saturated heterocycles. The van der Waals surface area contributed by atoms with Crippen LogP contribution in [0.2, 0.25) is 0 Å². The molecule has 1 aliphatic carbocycles. The standard InChI is InChI=1S/C28H38O13/c1-36-16-6-13(7-17(37-2)22(16)32)20-15(10-30)14(9-29)5-12-8-18(38-3)26(27(39-4)21(12)20)41-28-25(35)24(34)23(33)19(11-31)40-28/h6-8,14-15,19-20,23-25,28-35H,5,9-11H2,1-4H3/t14-,15-,19+,20+,23+,24-,25+,28-/m0/s1. The Labute approximate surface area is 237 Å². The average Bonchev–Trinajstić information content (AvgIpc) is 2.99. The van der Waals surface area contributed by atoms with E-state index in [9.17, 15) is 35.7 Å². The molecule has 7 N–H and O–H groups in total. The number of aliphatic hydroxyl groups excluding tert-OH is 6. The third-order valence-electron chi connectivity index (χ3n) is 7.97. The maximum Gasteiger partial charge on any atom is 0.229 e. The maximum absolute atomic E-state index is 10.6. The van der Waals surface area contributed by atoms with E-state index in [2.05, 4.69) is 0 Å². The molecule has 13 nitrogen and oxygen atoms in total. The predicted molar refractivity (Wildman–Crippen MR) is 142 cm³/mol. The van der Waals surface area contributed by atoms with Crippen LogP contribution in [0.5, 0.6) is 34.5 Å². The number of benzene rings is 2. The highest BCUT2D eigenvalue weighted by molar-refractivity contribution is 5.64. The van der Waals surface area contributed by atoms with Crippen molar-refractivity contribution in [1.29, 1.82) is 0 Å². The van der Waals surface area contributed by atoms with Crippen molar-refractivity contribution in [3.8, 4) is 34.5 Å². The molecule has 8 atom stereocenters. The quantitative estimate of drug-likeness (QED) is 0.190. The average molecular weight is 583 g/mol. The summed E-state index contributed by atoms with van der Waals surface area (Å²) in [5.41, 5.74) is 1.88. The zero-order chi connectivity index (χ0) is 30.0. The van der Waals surface area contributed by atoms with Gasteiger partial charge in [0.25, 0.3) is 0 Å². The lowest BCUT2D eigenvalue weighted by Crippen LogP contribution is -2.60. The van der Waals surface area contributed by atoms with Crippen molar-refractivity contribution in [1.82, 2.24) is 0 Å². The van der Waals surface area contributed by atoms with Gasteiger partial charge < -0.3 is 64.2 Å². The molecule has 0 amide bonds. The van der Waals surface area contributed by atoms with Gasteiger partial charge in [-0.25, -0.2) is 0 Å². The Hall–Kier alpha value is -3.04. The van der Waals surface area contributed by atoms with Gasteiger partial charge in [-0.15, -0.1) is 0 Å². The highest BCUT2D eigenvalue weighted by atomic mass is 16.7. The highest BCUT2D eigenvalue weighted by Crippen LogP contribution is 2.55. The molecule has 0 saturated carbocycles. The first-order valence-electron chi connectivity index (χ1n) is 13.1. The van der Waals surface area contributed by atoms with Gasteiger partial charge in [0.05, 0.1) is 35.0 Å². The van der Waals surface area contributed by atoms with Gasteiger partial charge in [-0.1, -0.05) is 0 Å².